The number of para-hydroxylation sites is 1. The van der Waals surface area contributed by atoms with Crippen molar-refractivity contribution in [1.29, 1.82) is 0 Å². The number of hydrogen-bond donors (Lipinski definition) is 1. The third-order valence-electron chi connectivity index (χ3n) is 2.93. The van der Waals surface area contributed by atoms with Crippen LogP contribution in [-0.4, -0.2) is 34.1 Å². The molecular formula is C16H17N3O4S. The van der Waals surface area contributed by atoms with Gasteiger partial charge in [0.25, 0.3) is 0 Å². The van der Waals surface area contributed by atoms with Crippen LogP contribution in [-0.2, 0) is 14.5 Å². The van der Waals surface area contributed by atoms with E-state index in [1.165, 1.54) is 11.3 Å². The summed E-state index contributed by atoms with van der Waals surface area (Å²) >= 11 is 1.42. The number of phenols is 1. The minimum absolute atomic E-state index is 0.0778. The maximum atomic E-state index is 11.6. The average Bonchev–Trinajstić information content (AvgIpc) is 3.11. The predicted molar refractivity (Wildman–Crippen MR) is 91.3 cm³/mol. The Morgan fingerprint density at radius 1 is 1.33 bits per heavy atom. The lowest BCUT2D eigenvalue weighted by atomic mass is 10.1. The van der Waals surface area contributed by atoms with Gasteiger partial charge in [0.15, 0.2) is 0 Å². The van der Waals surface area contributed by atoms with Gasteiger partial charge in [0.2, 0.25) is 6.61 Å². The molecule has 2 rings (SSSR count). The zero-order valence-corrected chi connectivity index (χ0v) is 14.1. The van der Waals surface area contributed by atoms with Crippen LogP contribution < -0.4 is 0 Å². The van der Waals surface area contributed by atoms with E-state index in [0.717, 1.165) is 0 Å². The minimum Gasteiger partial charge on any atom is -0.507 e. The molecule has 0 unspecified atom stereocenters. The molecule has 0 aliphatic carbocycles. The van der Waals surface area contributed by atoms with Crippen LogP contribution >= 0.6 is 11.3 Å². The van der Waals surface area contributed by atoms with Crippen molar-refractivity contribution in [2.45, 2.75) is 20.3 Å². The Balaban J connectivity index is 1.90. The molecule has 0 aliphatic rings. The summed E-state index contributed by atoms with van der Waals surface area (Å²) in [5.74, 6) is -0.610. The van der Waals surface area contributed by atoms with E-state index in [0.29, 0.717) is 28.4 Å². The second-order valence-electron chi connectivity index (χ2n) is 4.66. The summed E-state index contributed by atoms with van der Waals surface area (Å²) in [6.07, 6.45) is 2.15. The molecule has 2 aromatic rings. The Kier molecular flexibility index (Phi) is 6.44. The highest BCUT2D eigenvalue weighted by Gasteiger charge is 2.10. The van der Waals surface area contributed by atoms with Crippen LogP contribution in [0, 0.1) is 0 Å². The van der Waals surface area contributed by atoms with Gasteiger partial charge in [-0.2, -0.15) is 0 Å². The topological polar surface area (TPSA) is 93.4 Å². The molecule has 0 fully saturated rings. The van der Waals surface area contributed by atoms with Gasteiger partial charge in [0.1, 0.15) is 16.5 Å². The molecule has 1 aromatic heterocycles. The number of rotatable bonds is 7. The fourth-order valence-electron chi connectivity index (χ4n) is 1.78. The zero-order chi connectivity index (χ0) is 17.4. The summed E-state index contributed by atoms with van der Waals surface area (Å²) in [6, 6.07) is 6.71. The third kappa shape index (κ3) is 4.88. The van der Waals surface area contributed by atoms with Crippen LogP contribution in [0.1, 0.15) is 30.8 Å². The number of oxime groups is 2. The van der Waals surface area contributed by atoms with Gasteiger partial charge in [-0.15, -0.1) is 11.3 Å². The van der Waals surface area contributed by atoms with E-state index in [2.05, 4.69) is 15.3 Å². The largest absolute Gasteiger partial charge is 0.507 e. The molecule has 24 heavy (non-hydrogen) atoms. The van der Waals surface area contributed by atoms with Crippen molar-refractivity contribution in [2.24, 2.45) is 10.3 Å². The molecule has 0 bridgehead atoms. The minimum atomic E-state index is -0.688. The van der Waals surface area contributed by atoms with Crippen molar-refractivity contribution >= 4 is 28.7 Å². The first kappa shape index (κ1) is 17.6. The number of carbonyl (C=O) groups excluding carboxylic acids is 1. The lowest BCUT2D eigenvalue weighted by molar-refractivity contribution is -0.148. The van der Waals surface area contributed by atoms with Gasteiger partial charge >= 0.3 is 5.97 Å². The molecule has 0 saturated carbocycles. The van der Waals surface area contributed by atoms with Gasteiger partial charge in [-0.05, 0) is 25.5 Å². The highest BCUT2D eigenvalue weighted by Crippen LogP contribution is 2.18. The fraction of sp³-hybridized carbons (Fsp3) is 0.250. The van der Waals surface area contributed by atoms with Gasteiger partial charge in [0.05, 0.1) is 5.71 Å². The maximum absolute atomic E-state index is 11.6. The standard InChI is InChI=1S/C16H17N3O4S/c1-3-13(12-6-4-5-7-14(12)20)19-23-15(21)10-22-18-11(2)16-17-8-9-24-16/h4-9,20H,3,10H2,1-2H3/b18-11+,19-13+. The SMILES string of the molecule is CC/C(=N\OC(=O)CO/N=C(\C)c1nccs1)c1ccccc1O. The lowest BCUT2D eigenvalue weighted by Gasteiger charge is -2.05. The van der Waals surface area contributed by atoms with E-state index < -0.39 is 5.97 Å². The first-order chi connectivity index (χ1) is 11.6. The summed E-state index contributed by atoms with van der Waals surface area (Å²) in [4.78, 5) is 25.5. The molecule has 7 nitrogen and oxygen atoms in total. The van der Waals surface area contributed by atoms with Crippen LogP contribution in [0.5, 0.6) is 5.75 Å². The smallest absolute Gasteiger partial charge is 0.374 e. The van der Waals surface area contributed by atoms with E-state index in [-0.39, 0.29) is 12.4 Å². The Bertz CT molecular complexity index is 742. The first-order valence-electron chi connectivity index (χ1n) is 7.23. The molecule has 0 atom stereocenters. The van der Waals surface area contributed by atoms with E-state index in [4.69, 9.17) is 9.68 Å². The molecule has 1 heterocycles. The van der Waals surface area contributed by atoms with Crippen LogP contribution in [0.3, 0.4) is 0 Å². The van der Waals surface area contributed by atoms with Crippen LogP contribution in [0.25, 0.3) is 0 Å². The Morgan fingerprint density at radius 2 is 2.12 bits per heavy atom. The third-order valence-corrected chi connectivity index (χ3v) is 3.82. The van der Waals surface area contributed by atoms with Crippen molar-refractivity contribution < 1.29 is 19.6 Å². The molecule has 0 amide bonds. The number of aromatic nitrogens is 1. The van der Waals surface area contributed by atoms with E-state index in [9.17, 15) is 9.90 Å². The normalized spacial score (nSPS) is 12.1. The summed E-state index contributed by atoms with van der Waals surface area (Å²) in [5.41, 5.74) is 1.56. The molecular weight excluding hydrogens is 330 g/mol. The number of carbonyl (C=O) groups is 1. The number of hydrogen-bond acceptors (Lipinski definition) is 8. The molecule has 1 N–H and O–H groups in total. The Labute approximate surface area is 143 Å². The van der Waals surface area contributed by atoms with Gasteiger partial charge in [-0.3, -0.25) is 0 Å². The molecule has 0 aliphatic heterocycles. The Hall–Kier alpha value is -2.74. The molecule has 0 saturated heterocycles. The monoisotopic (exact) mass is 347 g/mol. The molecule has 1 aromatic carbocycles. The second-order valence-corrected chi connectivity index (χ2v) is 5.55. The first-order valence-corrected chi connectivity index (χ1v) is 8.11. The highest BCUT2D eigenvalue weighted by molar-refractivity contribution is 7.11. The molecule has 0 spiro atoms. The number of nitrogens with zero attached hydrogens (tertiary/aromatic N) is 3. The summed E-state index contributed by atoms with van der Waals surface area (Å²) < 4.78 is 0. The Morgan fingerprint density at radius 3 is 2.79 bits per heavy atom. The number of benzene rings is 1. The molecule has 126 valence electrons. The highest BCUT2D eigenvalue weighted by atomic mass is 32.1. The van der Waals surface area contributed by atoms with Crippen LogP contribution in [0.15, 0.2) is 46.2 Å². The van der Waals surface area contributed by atoms with E-state index >= 15 is 0 Å². The van der Waals surface area contributed by atoms with Crippen LogP contribution in [0.2, 0.25) is 0 Å². The summed E-state index contributed by atoms with van der Waals surface area (Å²) in [7, 11) is 0. The van der Waals surface area contributed by atoms with Crippen molar-refractivity contribution in [3.05, 3.63) is 46.4 Å². The summed E-state index contributed by atoms with van der Waals surface area (Å²) in [6.45, 7) is 3.21. The van der Waals surface area contributed by atoms with E-state index in [1.807, 2.05) is 12.3 Å². The van der Waals surface area contributed by atoms with Crippen molar-refractivity contribution in [1.82, 2.24) is 4.98 Å². The number of thiazole rings is 1. The average molecular weight is 347 g/mol. The number of phenolic OH excluding ortho intramolecular Hbond substituents is 1. The van der Waals surface area contributed by atoms with Crippen LogP contribution in [0.4, 0.5) is 0 Å². The summed E-state index contributed by atoms with van der Waals surface area (Å²) in [5, 5.41) is 19.9. The van der Waals surface area contributed by atoms with Gasteiger partial charge in [0, 0.05) is 17.1 Å². The fourth-order valence-corrected chi connectivity index (χ4v) is 2.36. The lowest BCUT2D eigenvalue weighted by Crippen LogP contribution is -2.11. The second kappa shape index (κ2) is 8.78. The quantitative estimate of drug-likeness (QED) is 0.472. The van der Waals surface area contributed by atoms with Gasteiger partial charge in [-0.1, -0.05) is 29.4 Å². The molecule has 8 heteroatoms. The van der Waals surface area contributed by atoms with Crippen molar-refractivity contribution in [3.8, 4) is 5.75 Å². The number of aromatic hydroxyl groups is 1. The van der Waals surface area contributed by atoms with E-state index in [1.54, 1.807) is 37.4 Å². The zero-order valence-electron chi connectivity index (χ0n) is 13.3. The van der Waals surface area contributed by atoms with Gasteiger partial charge < -0.3 is 14.8 Å². The predicted octanol–water partition coefficient (Wildman–Crippen LogP) is 2.95. The maximum Gasteiger partial charge on any atom is 0.374 e. The van der Waals surface area contributed by atoms with Crippen molar-refractivity contribution in [3.63, 3.8) is 0 Å². The van der Waals surface area contributed by atoms with Crippen molar-refractivity contribution in [2.75, 3.05) is 6.61 Å². The van der Waals surface area contributed by atoms with Gasteiger partial charge in [-0.25, -0.2) is 9.78 Å². The molecule has 0 radical (unpaired) electrons.